The number of fused-ring (bicyclic) bond motifs is 1. The van der Waals surface area contributed by atoms with Gasteiger partial charge in [0.1, 0.15) is 0 Å². The van der Waals surface area contributed by atoms with Crippen molar-refractivity contribution in [2.75, 3.05) is 11.1 Å². The van der Waals surface area contributed by atoms with E-state index in [4.69, 9.17) is 33.2 Å². The summed E-state index contributed by atoms with van der Waals surface area (Å²) >= 11 is 13.4. The minimum Gasteiger partial charge on any atom is -0.325 e. The van der Waals surface area contributed by atoms with Crippen LogP contribution < -0.4 is 5.32 Å². The molecule has 7 heteroatoms. The maximum Gasteiger partial charge on any atom is 0.234 e. The van der Waals surface area contributed by atoms with Gasteiger partial charge in [-0.3, -0.25) is 4.79 Å². The molecule has 3 aromatic rings. The SMILES string of the molecule is O=C(CSc1nc2c(c(-c3ccc(Cl)cc3)n1)CCCC2)Nc1cccc(Cl)c1. The van der Waals surface area contributed by atoms with Crippen LogP contribution >= 0.6 is 35.0 Å². The summed E-state index contributed by atoms with van der Waals surface area (Å²) in [4.78, 5) is 21.9. The highest BCUT2D eigenvalue weighted by atomic mass is 35.5. The van der Waals surface area contributed by atoms with Gasteiger partial charge in [0, 0.05) is 32.6 Å². The monoisotopic (exact) mass is 443 g/mol. The summed E-state index contributed by atoms with van der Waals surface area (Å²) in [6, 6.07) is 14.8. The molecule has 2 aromatic carbocycles. The molecule has 1 aromatic heterocycles. The van der Waals surface area contributed by atoms with Crippen molar-refractivity contribution in [3.63, 3.8) is 0 Å². The molecule has 1 aliphatic rings. The smallest absolute Gasteiger partial charge is 0.234 e. The van der Waals surface area contributed by atoms with Crippen LogP contribution in [-0.2, 0) is 17.6 Å². The van der Waals surface area contributed by atoms with Crippen LogP contribution in [0.4, 0.5) is 5.69 Å². The third-order valence-corrected chi connectivity index (χ3v) is 6.06. The van der Waals surface area contributed by atoms with Crippen LogP contribution in [0.2, 0.25) is 10.0 Å². The third kappa shape index (κ3) is 5.10. The molecule has 1 amide bonds. The van der Waals surface area contributed by atoms with E-state index in [1.807, 2.05) is 30.3 Å². The number of hydrogen-bond acceptors (Lipinski definition) is 4. The lowest BCUT2D eigenvalue weighted by Gasteiger charge is -2.19. The molecule has 0 atom stereocenters. The lowest BCUT2D eigenvalue weighted by atomic mass is 9.92. The molecule has 1 aliphatic carbocycles. The van der Waals surface area contributed by atoms with E-state index in [-0.39, 0.29) is 11.7 Å². The highest BCUT2D eigenvalue weighted by molar-refractivity contribution is 7.99. The number of aryl methyl sites for hydroxylation is 1. The molecule has 4 rings (SSSR count). The number of nitrogens with zero attached hydrogens (tertiary/aromatic N) is 2. The van der Waals surface area contributed by atoms with Crippen LogP contribution in [0, 0.1) is 0 Å². The number of carbonyl (C=O) groups excluding carboxylic acids is 1. The minimum atomic E-state index is -0.119. The molecule has 0 bridgehead atoms. The zero-order valence-corrected chi connectivity index (χ0v) is 17.9. The second-order valence-electron chi connectivity index (χ2n) is 6.84. The van der Waals surface area contributed by atoms with Gasteiger partial charge < -0.3 is 5.32 Å². The van der Waals surface area contributed by atoms with Crippen molar-refractivity contribution in [2.45, 2.75) is 30.8 Å². The van der Waals surface area contributed by atoms with Crippen molar-refractivity contribution in [1.29, 1.82) is 0 Å². The van der Waals surface area contributed by atoms with E-state index in [0.29, 0.717) is 20.9 Å². The van der Waals surface area contributed by atoms with E-state index in [1.54, 1.807) is 18.2 Å². The van der Waals surface area contributed by atoms with Crippen LogP contribution in [0.3, 0.4) is 0 Å². The summed E-state index contributed by atoms with van der Waals surface area (Å²) < 4.78 is 0. The Morgan fingerprint density at radius 2 is 1.79 bits per heavy atom. The van der Waals surface area contributed by atoms with E-state index in [2.05, 4.69) is 5.32 Å². The topological polar surface area (TPSA) is 54.9 Å². The number of hydrogen-bond donors (Lipinski definition) is 1. The predicted molar refractivity (Wildman–Crippen MR) is 120 cm³/mol. The fraction of sp³-hybridized carbons (Fsp3) is 0.227. The summed E-state index contributed by atoms with van der Waals surface area (Å²) in [6.45, 7) is 0. The van der Waals surface area contributed by atoms with Crippen LogP contribution in [0.1, 0.15) is 24.1 Å². The summed E-state index contributed by atoms with van der Waals surface area (Å²) in [6.07, 6.45) is 4.20. The molecular formula is C22H19Cl2N3OS. The first-order valence-electron chi connectivity index (χ1n) is 9.42. The van der Waals surface area contributed by atoms with Crippen LogP contribution in [-0.4, -0.2) is 21.6 Å². The number of rotatable bonds is 5. The molecule has 148 valence electrons. The Kier molecular flexibility index (Phi) is 6.38. The summed E-state index contributed by atoms with van der Waals surface area (Å²) in [5.41, 5.74) is 4.96. The van der Waals surface area contributed by atoms with E-state index >= 15 is 0 Å². The number of halogens is 2. The molecule has 0 saturated heterocycles. The van der Waals surface area contributed by atoms with Crippen molar-refractivity contribution in [1.82, 2.24) is 9.97 Å². The molecule has 0 saturated carbocycles. The van der Waals surface area contributed by atoms with Crippen molar-refractivity contribution < 1.29 is 4.79 Å². The molecule has 0 fully saturated rings. The van der Waals surface area contributed by atoms with Gasteiger partial charge in [0.25, 0.3) is 0 Å². The zero-order chi connectivity index (χ0) is 20.2. The maximum atomic E-state index is 12.3. The molecular weight excluding hydrogens is 425 g/mol. The van der Waals surface area contributed by atoms with Gasteiger partial charge in [-0.2, -0.15) is 0 Å². The van der Waals surface area contributed by atoms with Gasteiger partial charge >= 0.3 is 0 Å². The summed E-state index contributed by atoms with van der Waals surface area (Å²) in [5, 5.41) is 4.76. The number of nitrogens with one attached hydrogen (secondary N) is 1. The lowest BCUT2D eigenvalue weighted by molar-refractivity contribution is -0.113. The molecule has 1 N–H and O–H groups in total. The summed E-state index contributed by atoms with van der Waals surface area (Å²) in [5.74, 6) is 0.109. The number of aromatic nitrogens is 2. The minimum absolute atomic E-state index is 0.119. The standard InChI is InChI=1S/C22H19Cl2N3OS/c23-15-10-8-14(9-11-15)21-18-6-1-2-7-19(18)26-22(27-21)29-13-20(28)25-17-5-3-4-16(24)12-17/h3-5,8-12H,1-2,6-7,13H2,(H,25,28). The maximum absolute atomic E-state index is 12.3. The molecule has 4 nitrogen and oxygen atoms in total. The Bertz CT molecular complexity index is 1040. The van der Waals surface area contributed by atoms with Gasteiger partial charge in [-0.1, -0.05) is 53.2 Å². The fourth-order valence-corrected chi connectivity index (χ4v) is 4.36. The molecule has 0 unspecified atom stereocenters. The molecule has 29 heavy (non-hydrogen) atoms. The van der Waals surface area contributed by atoms with Crippen molar-refractivity contribution in [2.24, 2.45) is 0 Å². The van der Waals surface area contributed by atoms with Gasteiger partial charge in [0.2, 0.25) is 5.91 Å². The molecule has 0 radical (unpaired) electrons. The van der Waals surface area contributed by atoms with Crippen LogP contribution in [0.5, 0.6) is 0 Å². The second-order valence-corrected chi connectivity index (χ2v) is 8.66. The van der Waals surface area contributed by atoms with Gasteiger partial charge in [-0.25, -0.2) is 9.97 Å². The average molecular weight is 444 g/mol. The number of thioether (sulfide) groups is 1. The Morgan fingerprint density at radius 3 is 2.59 bits per heavy atom. The van der Waals surface area contributed by atoms with E-state index in [9.17, 15) is 4.79 Å². The largest absolute Gasteiger partial charge is 0.325 e. The van der Waals surface area contributed by atoms with E-state index in [1.165, 1.54) is 17.3 Å². The van der Waals surface area contributed by atoms with Crippen molar-refractivity contribution >= 4 is 46.6 Å². The first-order chi connectivity index (χ1) is 14.1. The van der Waals surface area contributed by atoms with Crippen LogP contribution in [0.25, 0.3) is 11.3 Å². The van der Waals surface area contributed by atoms with Gasteiger partial charge in [0.15, 0.2) is 5.16 Å². The number of benzene rings is 2. The first-order valence-corrected chi connectivity index (χ1v) is 11.2. The second kappa shape index (κ2) is 9.16. The Labute approximate surface area is 184 Å². The zero-order valence-electron chi connectivity index (χ0n) is 15.6. The number of carbonyl (C=O) groups is 1. The normalized spacial score (nSPS) is 13.0. The fourth-order valence-electron chi connectivity index (χ4n) is 3.38. The van der Waals surface area contributed by atoms with Crippen molar-refractivity contribution in [3.8, 4) is 11.3 Å². The van der Waals surface area contributed by atoms with Gasteiger partial charge in [-0.05, 0) is 56.0 Å². The lowest BCUT2D eigenvalue weighted by Crippen LogP contribution is -2.15. The quantitative estimate of drug-likeness (QED) is 0.384. The highest BCUT2D eigenvalue weighted by Crippen LogP contribution is 2.32. The highest BCUT2D eigenvalue weighted by Gasteiger charge is 2.19. The number of amides is 1. The van der Waals surface area contributed by atoms with E-state index < -0.39 is 0 Å². The Morgan fingerprint density at radius 1 is 1.00 bits per heavy atom. The summed E-state index contributed by atoms with van der Waals surface area (Å²) in [7, 11) is 0. The Hall–Kier alpha value is -2.08. The van der Waals surface area contributed by atoms with Crippen molar-refractivity contribution in [3.05, 3.63) is 69.8 Å². The van der Waals surface area contributed by atoms with Crippen LogP contribution in [0.15, 0.2) is 53.7 Å². The van der Waals surface area contributed by atoms with Gasteiger partial charge in [-0.15, -0.1) is 0 Å². The first kappa shape index (κ1) is 20.2. The van der Waals surface area contributed by atoms with Gasteiger partial charge in [0.05, 0.1) is 11.4 Å². The third-order valence-electron chi connectivity index (χ3n) is 4.72. The molecule has 0 spiro atoms. The predicted octanol–water partition coefficient (Wildman–Crippen LogP) is 6.06. The number of anilines is 1. The molecule has 1 heterocycles. The Balaban J connectivity index is 1.53. The van der Waals surface area contributed by atoms with E-state index in [0.717, 1.165) is 42.6 Å². The average Bonchev–Trinajstić information content (AvgIpc) is 2.72. The molecule has 0 aliphatic heterocycles.